The summed E-state index contributed by atoms with van der Waals surface area (Å²) >= 11 is 1.03. The van der Waals surface area contributed by atoms with Crippen molar-refractivity contribution in [2.75, 3.05) is 6.54 Å². The van der Waals surface area contributed by atoms with Gasteiger partial charge in [0.2, 0.25) is 0 Å². The monoisotopic (exact) mass is 333 g/mol. The molecule has 1 saturated heterocycles. The fourth-order valence-electron chi connectivity index (χ4n) is 2.94. The van der Waals surface area contributed by atoms with Crippen LogP contribution in [0.2, 0.25) is 0 Å². The van der Waals surface area contributed by atoms with Gasteiger partial charge in [-0.1, -0.05) is 6.92 Å². The molecule has 1 aliphatic rings. The van der Waals surface area contributed by atoms with E-state index < -0.39 is 5.97 Å². The molecule has 1 N–H and O–H groups in total. The van der Waals surface area contributed by atoms with Crippen LogP contribution in [-0.2, 0) is 6.42 Å². The molecule has 122 valence electrons. The maximum Gasteiger partial charge on any atom is 0.345 e. The van der Waals surface area contributed by atoms with E-state index in [4.69, 9.17) is 9.52 Å². The summed E-state index contributed by atoms with van der Waals surface area (Å²) in [5, 5.41) is 9.02. The highest BCUT2D eigenvalue weighted by Crippen LogP contribution is 2.34. The molecule has 0 bridgehead atoms. The van der Waals surface area contributed by atoms with Crippen LogP contribution >= 0.6 is 11.3 Å². The number of rotatable bonds is 4. The summed E-state index contributed by atoms with van der Waals surface area (Å²) in [4.78, 5) is 26.3. The van der Waals surface area contributed by atoms with E-state index in [1.807, 2.05) is 24.0 Å². The summed E-state index contributed by atoms with van der Waals surface area (Å²) in [5.74, 6) is 0.636. The highest BCUT2D eigenvalue weighted by molar-refractivity contribution is 7.15. The van der Waals surface area contributed by atoms with E-state index in [0.29, 0.717) is 11.4 Å². The maximum absolute atomic E-state index is 12.8. The van der Waals surface area contributed by atoms with Crippen LogP contribution in [0.15, 0.2) is 28.7 Å². The zero-order chi connectivity index (χ0) is 16.4. The lowest BCUT2D eigenvalue weighted by Crippen LogP contribution is -2.38. The molecule has 1 aliphatic heterocycles. The standard InChI is InChI=1S/C17H19NO4S/c1-2-11-6-7-13(22-11)12-5-3-4-10-18(12)16(19)14-8-9-15(23-14)17(20)21/h6-9,12H,2-5,10H2,1H3,(H,20,21). The normalized spacial score (nSPS) is 18.1. The van der Waals surface area contributed by atoms with Gasteiger partial charge in [0.15, 0.2) is 0 Å². The van der Waals surface area contributed by atoms with E-state index in [9.17, 15) is 9.59 Å². The first-order chi connectivity index (χ1) is 11.1. The van der Waals surface area contributed by atoms with E-state index in [0.717, 1.165) is 48.5 Å². The second kappa shape index (κ2) is 6.58. The third-order valence-corrected chi connectivity index (χ3v) is 5.21. The molecular formula is C17H19NO4S. The van der Waals surface area contributed by atoms with E-state index >= 15 is 0 Å². The van der Waals surface area contributed by atoms with Crippen molar-refractivity contribution in [1.82, 2.24) is 4.90 Å². The number of aryl methyl sites for hydroxylation is 1. The molecule has 2 aromatic rings. The lowest BCUT2D eigenvalue weighted by molar-refractivity contribution is 0.0583. The second-order valence-electron chi connectivity index (χ2n) is 5.64. The summed E-state index contributed by atoms with van der Waals surface area (Å²) in [5.41, 5.74) is 0. The number of amides is 1. The number of likely N-dealkylation sites (tertiary alicyclic amines) is 1. The fourth-order valence-corrected chi connectivity index (χ4v) is 3.74. The zero-order valence-electron chi connectivity index (χ0n) is 12.9. The first kappa shape index (κ1) is 15.8. The van der Waals surface area contributed by atoms with Crippen molar-refractivity contribution in [3.8, 4) is 0 Å². The van der Waals surface area contributed by atoms with Gasteiger partial charge in [0.1, 0.15) is 16.4 Å². The number of carbonyl (C=O) groups excluding carboxylic acids is 1. The average molecular weight is 333 g/mol. The molecule has 0 radical (unpaired) electrons. The molecule has 0 spiro atoms. The number of hydrogen-bond donors (Lipinski definition) is 1. The van der Waals surface area contributed by atoms with Crippen molar-refractivity contribution in [2.45, 2.75) is 38.6 Å². The topological polar surface area (TPSA) is 70.8 Å². The van der Waals surface area contributed by atoms with Gasteiger partial charge in [-0.3, -0.25) is 4.79 Å². The summed E-state index contributed by atoms with van der Waals surface area (Å²) in [6, 6.07) is 6.93. The Morgan fingerprint density at radius 2 is 2.04 bits per heavy atom. The molecule has 3 heterocycles. The van der Waals surface area contributed by atoms with Gasteiger partial charge in [0.05, 0.1) is 10.9 Å². The van der Waals surface area contributed by atoms with Gasteiger partial charge < -0.3 is 14.4 Å². The molecule has 3 rings (SSSR count). The molecule has 23 heavy (non-hydrogen) atoms. The molecule has 1 amide bonds. The van der Waals surface area contributed by atoms with Crippen LogP contribution in [0.25, 0.3) is 0 Å². The van der Waals surface area contributed by atoms with Gasteiger partial charge in [-0.25, -0.2) is 4.79 Å². The van der Waals surface area contributed by atoms with Crippen LogP contribution in [0.4, 0.5) is 0 Å². The van der Waals surface area contributed by atoms with Gasteiger partial charge in [-0.2, -0.15) is 0 Å². The minimum Gasteiger partial charge on any atom is -0.477 e. The second-order valence-corrected chi connectivity index (χ2v) is 6.72. The predicted molar refractivity (Wildman–Crippen MR) is 87.0 cm³/mol. The number of carboxylic acids is 1. The Labute approximate surface area is 138 Å². The summed E-state index contributed by atoms with van der Waals surface area (Å²) in [6.45, 7) is 2.71. The molecule has 0 saturated carbocycles. The Bertz CT molecular complexity index is 718. The van der Waals surface area contributed by atoms with Crippen molar-refractivity contribution in [3.63, 3.8) is 0 Å². The van der Waals surface area contributed by atoms with Crippen molar-refractivity contribution < 1.29 is 19.1 Å². The third-order valence-electron chi connectivity index (χ3n) is 4.15. The molecule has 1 fully saturated rings. The van der Waals surface area contributed by atoms with Crippen LogP contribution < -0.4 is 0 Å². The molecule has 6 heteroatoms. The van der Waals surface area contributed by atoms with Crippen LogP contribution in [-0.4, -0.2) is 28.4 Å². The van der Waals surface area contributed by atoms with Crippen LogP contribution in [0, 0.1) is 0 Å². The van der Waals surface area contributed by atoms with Gasteiger partial charge in [-0.05, 0) is 43.5 Å². The molecule has 1 atom stereocenters. The number of carbonyl (C=O) groups is 2. The Morgan fingerprint density at radius 3 is 2.70 bits per heavy atom. The number of furan rings is 1. The van der Waals surface area contributed by atoms with Gasteiger partial charge in [-0.15, -0.1) is 11.3 Å². The summed E-state index contributed by atoms with van der Waals surface area (Å²) in [6.07, 6.45) is 3.72. The summed E-state index contributed by atoms with van der Waals surface area (Å²) in [7, 11) is 0. The smallest absolute Gasteiger partial charge is 0.345 e. The van der Waals surface area contributed by atoms with Crippen molar-refractivity contribution in [3.05, 3.63) is 45.5 Å². The van der Waals surface area contributed by atoms with E-state index in [1.54, 1.807) is 6.07 Å². The van der Waals surface area contributed by atoms with Crippen molar-refractivity contribution >= 4 is 23.2 Å². The lowest BCUT2D eigenvalue weighted by atomic mass is 10.00. The van der Waals surface area contributed by atoms with Crippen LogP contribution in [0.3, 0.4) is 0 Å². The van der Waals surface area contributed by atoms with Gasteiger partial charge >= 0.3 is 5.97 Å². The number of carboxylic acid groups (broad SMARTS) is 1. The van der Waals surface area contributed by atoms with E-state index in [2.05, 4.69) is 0 Å². The first-order valence-electron chi connectivity index (χ1n) is 7.83. The highest BCUT2D eigenvalue weighted by atomic mass is 32.1. The predicted octanol–water partition coefficient (Wildman–Crippen LogP) is 3.97. The Morgan fingerprint density at radius 1 is 1.26 bits per heavy atom. The summed E-state index contributed by atoms with van der Waals surface area (Å²) < 4.78 is 5.85. The van der Waals surface area contributed by atoms with E-state index in [-0.39, 0.29) is 16.8 Å². The highest BCUT2D eigenvalue weighted by Gasteiger charge is 2.31. The average Bonchev–Trinajstić information content (AvgIpc) is 3.23. The van der Waals surface area contributed by atoms with Crippen molar-refractivity contribution in [2.24, 2.45) is 0 Å². The lowest BCUT2D eigenvalue weighted by Gasteiger charge is -2.34. The largest absolute Gasteiger partial charge is 0.477 e. The molecule has 0 aliphatic carbocycles. The maximum atomic E-state index is 12.8. The van der Waals surface area contributed by atoms with Gasteiger partial charge in [0.25, 0.3) is 5.91 Å². The number of thiophene rings is 1. The number of hydrogen-bond acceptors (Lipinski definition) is 4. The Hall–Kier alpha value is -2.08. The molecular weight excluding hydrogens is 314 g/mol. The van der Waals surface area contributed by atoms with Crippen molar-refractivity contribution in [1.29, 1.82) is 0 Å². The molecule has 1 unspecified atom stereocenters. The number of aromatic carboxylic acids is 1. The number of nitrogens with zero attached hydrogens (tertiary/aromatic N) is 1. The molecule has 2 aromatic heterocycles. The third kappa shape index (κ3) is 3.17. The van der Waals surface area contributed by atoms with Gasteiger partial charge in [0, 0.05) is 13.0 Å². The number of piperidine rings is 1. The molecule has 0 aromatic carbocycles. The quantitative estimate of drug-likeness (QED) is 0.919. The first-order valence-corrected chi connectivity index (χ1v) is 8.64. The van der Waals surface area contributed by atoms with E-state index in [1.165, 1.54) is 6.07 Å². The minimum absolute atomic E-state index is 0.0630. The van der Waals surface area contributed by atoms with Crippen LogP contribution in [0.1, 0.15) is 63.1 Å². The minimum atomic E-state index is -0.997. The van der Waals surface area contributed by atoms with Crippen LogP contribution in [0.5, 0.6) is 0 Å². The fraction of sp³-hybridized carbons (Fsp3) is 0.412. The Balaban J connectivity index is 1.85. The SMILES string of the molecule is CCc1ccc(C2CCCCN2C(=O)c2ccc(C(=O)O)s2)o1. The molecule has 5 nitrogen and oxygen atoms in total. The zero-order valence-corrected chi connectivity index (χ0v) is 13.8. The Kier molecular flexibility index (Phi) is 4.52.